The predicted octanol–water partition coefficient (Wildman–Crippen LogP) is 3.58. The zero-order valence-electron chi connectivity index (χ0n) is 14.8. The van der Waals surface area contributed by atoms with Gasteiger partial charge in [-0.3, -0.25) is 9.78 Å². The second-order valence-corrected chi connectivity index (χ2v) is 6.59. The highest BCUT2D eigenvalue weighted by molar-refractivity contribution is 8.00. The smallest absolute Gasteiger partial charge is 0.250 e. The zero-order chi connectivity index (χ0) is 19.1. The molecule has 0 fully saturated rings. The number of para-hydroxylation sites is 1. The third-order valence-corrected chi connectivity index (χ3v) is 4.69. The lowest BCUT2D eigenvalue weighted by Gasteiger charge is -2.06. The number of hydrazone groups is 1. The SMILES string of the molecule is CCOc1cc(/C=N/NC(=O)CSc2cccc3cccnc23)ccc1O. The number of aromatic nitrogens is 1. The van der Waals surface area contributed by atoms with Gasteiger partial charge < -0.3 is 9.84 Å². The van der Waals surface area contributed by atoms with Crippen LogP contribution >= 0.6 is 11.8 Å². The van der Waals surface area contributed by atoms with Gasteiger partial charge in [0.2, 0.25) is 5.91 Å². The Hall–Kier alpha value is -3.06. The third-order valence-electron chi connectivity index (χ3n) is 3.64. The molecule has 6 nitrogen and oxygen atoms in total. The van der Waals surface area contributed by atoms with Crippen LogP contribution < -0.4 is 10.2 Å². The Morgan fingerprint density at radius 3 is 3.00 bits per heavy atom. The van der Waals surface area contributed by atoms with E-state index >= 15 is 0 Å². The molecule has 0 unspecified atom stereocenters. The highest BCUT2D eigenvalue weighted by Gasteiger charge is 2.06. The van der Waals surface area contributed by atoms with E-state index in [1.807, 2.05) is 37.3 Å². The number of ether oxygens (including phenoxy) is 1. The summed E-state index contributed by atoms with van der Waals surface area (Å²) in [4.78, 5) is 17.4. The van der Waals surface area contributed by atoms with Crippen LogP contribution in [0.25, 0.3) is 10.9 Å². The van der Waals surface area contributed by atoms with Gasteiger partial charge in [0, 0.05) is 16.5 Å². The van der Waals surface area contributed by atoms with Gasteiger partial charge in [-0.15, -0.1) is 11.8 Å². The van der Waals surface area contributed by atoms with E-state index < -0.39 is 0 Å². The lowest BCUT2D eigenvalue weighted by Crippen LogP contribution is -2.19. The summed E-state index contributed by atoms with van der Waals surface area (Å²) >= 11 is 1.41. The van der Waals surface area contributed by atoms with Crippen LogP contribution in [0.1, 0.15) is 12.5 Å². The number of nitrogens with zero attached hydrogens (tertiary/aromatic N) is 2. The molecule has 0 atom stereocenters. The number of hydrogen-bond acceptors (Lipinski definition) is 6. The molecule has 0 radical (unpaired) electrons. The van der Waals surface area contributed by atoms with E-state index in [4.69, 9.17) is 4.74 Å². The molecule has 0 saturated heterocycles. The molecule has 0 aliphatic heterocycles. The van der Waals surface area contributed by atoms with Gasteiger partial charge in [0.05, 0.1) is 24.1 Å². The molecule has 0 bridgehead atoms. The van der Waals surface area contributed by atoms with Crippen molar-refractivity contribution in [1.82, 2.24) is 10.4 Å². The molecule has 0 aliphatic carbocycles. The quantitative estimate of drug-likeness (QED) is 0.371. The Morgan fingerprint density at radius 1 is 1.30 bits per heavy atom. The molecular weight excluding hydrogens is 362 g/mol. The van der Waals surface area contributed by atoms with Gasteiger partial charge in [0.1, 0.15) is 0 Å². The minimum atomic E-state index is -0.215. The lowest BCUT2D eigenvalue weighted by atomic mass is 10.2. The number of hydrogen-bond donors (Lipinski definition) is 2. The molecular formula is C20H19N3O3S. The van der Waals surface area contributed by atoms with Crippen LogP contribution in [0.15, 0.2) is 64.7 Å². The summed E-state index contributed by atoms with van der Waals surface area (Å²) in [5.74, 6) is 0.463. The van der Waals surface area contributed by atoms with Crippen LogP contribution in [0.2, 0.25) is 0 Å². The van der Waals surface area contributed by atoms with Crippen molar-refractivity contribution in [3.8, 4) is 11.5 Å². The molecule has 7 heteroatoms. The molecule has 138 valence electrons. The van der Waals surface area contributed by atoms with Crippen LogP contribution in [0.4, 0.5) is 0 Å². The standard InChI is InChI=1S/C20H19N3O3S/c1-2-26-17-11-14(8-9-16(17)24)12-22-23-19(25)13-27-18-7-3-5-15-6-4-10-21-20(15)18/h3-12,24H,2,13H2,1H3,(H,23,25)/b22-12+. The topological polar surface area (TPSA) is 83.8 Å². The maximum Gasteiger partial charge on any atom is 0.250 e. The number of rotatable bonds is 7. The Kier molecular flexibility index (Phi) is 6.27. The molecule has 0 spiro atoms. The van der Waals surface area contributed by atoms with Gasteiger partial charge in [-0.25, -0.2) is 5.43 Å². The van der Waals surface area contributed by atoms with Crippen molar-refractivity contribution in [3.05, 3.63) is 60.3 Å². The number of aromatic hydroxyl groups is 1. The van der Waals surface area contributed by atoms with Gasteiger partial charge in [0.15, 0.2) is 11.5 Å². The van der Waals surface area contributed by atoms with Crippen molar-refractivity contribution in [1.29, 1.82) is 0 Å². The molecule has 3 rings (SSSR count). The van der Waals surface area contributed by atoms with Crippen LogP contribution in [0.3, 0.4) is 0 Å². The number of amides is 1. The molecule has 2 aromatic carbocycles. The summed E-state index contributed by atoms with van der Waals surface area (Å²) in [5, 5.41) is 14.7. The van der Waals surface area contributed by atoms with Crippen molar-refractivity contribution >= 4 is 34.8 Å². The molecule has 27 heavy (non-hydrogen) atoms. The number of nitrogens with one attached hydrogen (secondary N) is 1. The molecule has 0 aliphatic rings. The van der Waals surface area contributed by atoms with Crippen molar-refractivity contribution < 1.29 is 14.6 Å². The number of carbonyl (C=O) groups excluding carboxylic acids is 1. The van der Waals surface area contributed by atoms with Gasteiger partial charge in [0.25, 0.3) is 0 Å². The van der Waals surface area contributed by atoms with Crippen LogP contribution in [-0.4, -0.2) is 34.6 Å². The van der Waals surface area contributed by atoms with Crippen LogP contribution in [0.5, 0.6) is 11.5 Å². The van der Waals surface area contributed by atoms with E-state index in [9.17, 15) is 9.90 Å². The minimum Gasteiger partial charge on any atom is -0.504 e. The van der Waals surface area contributed by atoms with E-state index in [2.05, 4.69) is 15.5 Å². The number of fused-ring (bicyclic) bond motifs is 1. The predicted molar refractivity (Wildman–Crippen MR) is 107 cm³/mol. The van der Waals surface area contributed by atoms with E-state index in [1.165, 1.54) is 24.0 Å². The monoisotopic (exact) mass is 381 g/mol. The number of carbonyl (C=O) groups is 1. The summed E-state index contributed by atoms with van der Waals surface area (Å²) in [7, 11) is 0. The first-order chi connectivity index (χ1) is 13.2. The highest BCUT2D eigenvalue weighted by atomic mass is 32.2. The van der Waals surface area contributed by atoms with Crippen molar-refractivity contribution in [3.63, 3.8) is 0 Å². The second-order valence-electron chi connectivity index (χ2n) is 5.57. The van der Waals surface area contributed by atoms with Crippen molar-refractivity contribution in [2.24, 2.45) is 5.10 Å². The van der Waals surface area contributed by atoms with Gasteiger partial charge in [-0.1, -0.05) is 18.2 Å². The minimum absolute atomic E-state index is 0.0677. The summed E-state index contributed by atoms with van der Waals surface area (Å²) in [5.41, 5.74) is 4.10. The second kappa shape index (κ2) is 9.05. The maximum atomic E-state index is 12.0. The Labute approximate surface area is 161 Å². The fourth-order valence-electron chi connectivity index (χ4n) is 2.43. The number of benzene rings is 2. The first-order valence-electron chi connectivity index (χ1n) is 8.41. The molecule has 1 amide bonds. The number of pyridine rings is 1. The summed E-state index contributed by atoms with van der Waals surface area (Å²) in [6.45, 7) is 2.29. The summed E-state index contributed by atoms with van der Waals surface area (Å²) in [6.07, 6.45) is 3.24. The fourth-order valence-corrected chi connectivity index (χ4v) is 3.26. The Balaban J connectivity index is 1.57. The maximum absolute atomic E-state index is 12.0. The molecule has 0 saturated carbocycles. The van der Waals surface area contributed by atoms with E-state index in [-0.39, 0.29) is 17.4 Å². The van der Waals surface area contributed by atoms with E-state index in [0.717, 1.165) is 15.8 Å². The fraction of sp³-hybridized carbons (Fsp3) is 0.150. The van der Waals surface area contributed by atoms with Crippen LogP contribution in [-0.2, 0) is 4.79 Å². The largest absolute Gasteiger partial charge is 0.504 e. The highest BCUT2D eigenvalue weighted by Crippen LogP contribution is 2.27. The Morgan fingerprint density at radius 2 is 2.15 bits per heavy atom. The normalized spacial score (nSPS) is 11.0. The number of phenols is 1. The molecule has 2 N–H and O–H groups in total. The number of phenolic OH excluding ortho intramolecular Hbond substituents is 1. The first kappa shape index (κ1) is 18.7. The van der Waals surface area contributed by atoms with Crippen molar-refractivity contribution in [2.75, 3.05) is 12.4 Å². The van der Waals surface area contributed by atoms with Crippen LogP contribution in [0, 0.1) is 0 Å². The lowest BCUT2D eigenvalue weighted by molar-refractivity contribution is -0.118. The number of thioether (sulfide) groups is 1. The van der Waals surface area contributed by atoms with E-state index in [0.29, 0.717) is 17.9 Å². The zero-order valence-corrected chi connectivity index (χ0v) is 15.6. The third kappa shape index (κ3) is 4.98. The summed E-state index contributed by atoms with van der Waals surface area (Å²) in [6, 6.07) is 14.6. The van der Waals surface area contributed by atoms with Gasteiger partial charge in [-0.05, 0) is 42.8 Å². The Bertz CT molecular complexity index is 970. The average molecular weight is 381 g/mol. The summed E-state index contributed by atoms with van der Waals surface area (Å²) < 4.78 is 5.32. The molecule has 3 aromatic rings. The van der Waals surface area contributed by atoms with E-state index in [1.54, 1.807) is 18.3 Å². The molecule has 1 heterocycles. The van der Waals surface area contributed by atoms with Gasteiger partial charge in [-0.2, -0.15) is 5.10 Å². The first-order valence-corrected chi connectivity index (χ1v) is 9.40. The van der Waals surface area contributed by atoms with Gasteiger partial charge >= 0.3 is 0 Å². The molecule has 1 aromatic heterocycles. The average Bonchev–Trinajstić information content (AvgIpc) is 2.69. The van der Waals surface area contributed by atoms with Crippen molar-refractivity contribution in [2.45, 2.75) is 11.8 Å².